The van der Waals surface area contributed by atoms with Gasteiger partial charge in [0.2, 0.25) is 0 Å². The van der Waals surface area contributed by atoms with Crippen molar-refractivity contribution in [1.29, 1.82) is 0 Å². The molecule has 0 radical (unpaired) electrons. The lowest BCUT2D eigenvalue weighted by molar-refractivity contribution is -0.161. The molecular formula is C73H142O17P2. The molecule has 0 rings (SSSR count). The third-order valence-electron chi connectivity index (χ3n) is 17.0. The van der Waals surface area contributed by atoms with Crippen LogP contribution in [0.1, 0.15) is 381 Å². The van der Waals surface area contributed by atoms with Crippen molar-refractivity contribution in [1.82, 2.24) is 0 Å². The summed E-state index contributed by atoms with van der Waals surface area (Å²) in [5.74, 6) is -1.41. The van der Waals surface area contributed by atoms with Crippen LogP contribution in [0, 0.1) is 5.92 Å². The van der Waals surface area contributed by atoms with Crippen LogP contribution in [-0.4, -0.2) is 96.7 Å². The van der Waals surface area contributed by atoms with Crippen molar-refractivity contribution in [2.24, 2.45) is 5.92 Å². The number of phosphoric ester groups is 2. The lowest BCUT2D eigenvalue weighted by atomic mass is 10.0. The second-order valence-corrected chi connectivity index (χ2v) is 29.7. The van der Waals surface area contributed by atoms with Crippen molar-refractivity contribution in [3.8, 4) is 0 Å². The highest BCUT2D eigenvalue weighted by atomic mass is 31.2. The monoisotopic (exact) mass is 1350 g/mol. The van der Waals surface area contributed by atoms with Gasteiger partial charge in [0.1, 0.15) is 19.3 Å². The SMILES string of the molecule is CCCCCCCCCCCCCCCCCC(=O)OC[C@H](COP(=O)(O)OC[C@@H](O)COP(=O)(O)OC[C@@H](COC(=O)CCCCCCCCCC(C)C)OC(=O)CCCCCCCCCCCCCC)OC(=O)CCCCCCCCCCCCCCCCC. The summed E-state index contributed by atoms with van der Waals surface area (Å²) in [6, 6.07) is 0. The summed E-state index contributed by atoms with van der Waals surface area (Å²) in [7, 11) is -9.90. The maximum absolute atomic E-state index is 13.1. The van der Waals surface area contributed by atoms with Crippen molar-refractivity contribution >= 4 is 39.5 Å². The molecule has 92 heavy (non-hydrogen) atoms. The molecule has 19 heteroatoms. The Hall–Kier alpha value is -1.94. The second kappa shape index (κ2) is 66.3. The zero-order valence-corrected chi connectivity index (χ0v) is 61.5. The first kappa shape index (κ1) is 90.1. The number of esters is 4. The third-order valence-corrected chi connectivity index (χ3v) is 18.9. The van der Waals surface area contributed by atoms with Gasteiger partial charge in [0.05, 0.1) is 26.4 Å². The van der Waals surface area contributed by atoms with Gasteiger partial charge in [0.25, 0.3) is 0 Å². The Kier molecular flexibility index (Phi) is 64.9. The fourth-order valence-corrected chi connectivity index (χ4v) is 12.8. The van der Waals surface area contributed by atoms with Crippen LogP contribution >= 0.6 is 15.6 Å². The second-order valence-electron chi connectivity index (χ2n) is 26.8. The third kappa shape index (κ3) is 66.7. The van der Waals surface area contributed by atoms with Gasteiger partial charge < -0.3 is 33.8 Å². The van der Waals surface area contributed by atoms with E-state index in [0.29, 0.717) is 31.6 Å². The van der Waals surface area contributed by atoms with Gasteiger partial charge >= 0.3 is 39.5 Å². The zero-order valence-electron chi connectivity index (χ0n) is 59.7. The number of hydrogen-bond donors (Lipinski definition) is 3. The van der Waals surface area contributed by atoms with Gasteiger partial charge in [0, 0.05) is 25.7 Å². The largest absolute Gasteiger partial charge is 0.472 e. The van der Waals surface area contributed by atoms with Gasteiger partial charge in [-0.05, 0) is 31.6 Å². The number of aliphatic hydroxyl groups excluding tert-OH is 1. The average Bonchev–Trinajstić information content (AvgIpc) is 1.83. The van der Waals surface area contributed by atoms with Gasteiger partial charge in [-0.15, -0.1) is 0 Å². The van der Waals surface area contributed by atoms with Crippen molar-refractivity contribution in [3.63, 3.8) is 0 Å². The molecule has 5 atom stereocenters. The topological polar surface area (TPSA) is 237 Å². The summed E-state index contributed by atoms with van der Waals surface area (Å²) in [6.45, 7) is 7.22. The maximum atomic E-state index is 13.1. The van der Waals surface area contributed by atoms with E-state index in [-0.39, 0.29) is 25.7 Å². The first-order chi connectivity index (χ1) is 44.5. The van der Waals surface area contributed by atoms with Crippen LogP contribution in [0.15, 0.2) is 0 Å². The summed E-state index contributed by atoms with van der Waals surface area (Å²) in [6.07, 6.45) is 54.0. The van der Waals surface area contributed by atoms with Gasteiger partial charge in [-0.1, -0.05) is 330 Å². The lowest BCUT2D eigenvalue weighted by Gasteiger charge is -2.21. The summed E-state index contributed by atoms with van der Waals surface area (Å²) in [5, 5.41) is 10.6. The van der Waals surface area contributed by atoms with Crippen LogP contribution < -0.4 is 0 Å². The zero-order chi connectivity index (χ0) is 67.7. The predicted octanol–water partition coefficient (Wildman–Crippen LogP) is 21.3. The summed E-state index contributed by atoms with van der Waals surface area (Å²) < 4.78 is 68.4. The van der Waals surface area contributed by atoms with Gasteiger partial charge in [-0.25, -0.2) is 9.13 Å². The van der Waals surface area contributed by atoms with Crippen molar-refractivity contribution in [2.75, 3.05) is 39.6 Å². The highest BCUT2D eigenvalue weighted by Crippen LogP contribution is 2.45. The number of phosphoric acid groups is 2. The molecule has 0 saturated carbocycles. The molecule has 2 unspecified atom stereocenters. The normalized spacial score (nSPS) is 14.0. The Morgan fingerprint density at radius 2 is 0.500 bits per heavy atom. The number of unbranched alkanes of at least 4 members (excludes halogenated alkanes) is 45. The van der Waals surface area contributed by atoms with E-state index in [2.05, 4.69) is 34.6 Å². The minimum absolute atomic E-state index is 0.107. The fraction of sp³-hybridized carbons (Fsp3) is 0.945. The number of aliphatic hydroxyl groups is 1. The van der Waals surface area contributed by atoms with Crippen LogP contribution in [0.25, 0.3) is 0 Å². The van der Waals surface area contributed by atoms with Crippen molar-refractivity contribution < 1.29 is 80.2 Å². The molecule has 0 aromatic carbocycles. The summed E-state index contributed by atoms with van der Waals surface area (Å²) in [4.78, 5) is 72.7. The predicted molar refractivity (Wildman–Crippen MR) is 372 cm³/mol. The quantitative estimate of drug-likeness (QED) is 0.0222. The standard InChI is InChI=1S/C73H142O17P2/c1-6-9-12-15-18-21-24-27-29-31-34-36-41-46-51-56-70(75)83-62-68(89-73(78)59-54-49-43-38-35-32-30-28-25-22-19-16-13-10-7-2)64-87-91(79,80)85-60-67(74)61-86-92(81,82)88-65-69(63-84-71(76)57-52-47-44-39-40-45-50-55-66(4)5)90-72(77)58-53-48-42-37-33-26-23-20-17-14-11-8-3/h66-69,74H,6-65H2,1-5H3,(H,79,80)(H,81,82)/t67-,68-,69-/m1/s1. The Morgan fingerprint density at radius 3 is 0.739 bits per heavy atom. The molecule has 0 bridgehead atoms. The molecular weight excluding hydrogens is 1210 g/mol. The molecule has 0 fully saturated rings. The Morgan fingerprint density at radius 1 is 0.293 bits per heavy atom. The van der Waals surface area contributed by atoms with Crippen LogP contribution in [0.4, 0.5) is 0 Å². The first-order valence-corrected chi connectivity index (χ1v) is 41.1. The van der Waals surface area contributed by atoms with E-state index in [9.17, 15) is 43.2 Å². The van der Waals surface area contributed by atoms with E-state index in [1.807, 2.05) is 0 Å². The van der Waals surface area contributed by atoms with Crippen molar-refractivity contribution in [2.45, 2.75) is 400 Å². The molecule has 546 valence electrons. The highest BCUT2D eigenvalue weighted by Gasteiger charge is 2.30. The Balaban J connectivity index is 5.24. The molecule has 0 saturated heterocycles. The lowest BCUT2D eigenvalue weighted by Crippen LogP contribution is -2.30. The minimum Gasteiger partial charge on any atom is -0.462 e. The van der Waals surface area contributed by atoms with Crippen LogP contribution in [0.3, 0.4) is 0 Å². The number of carbonyl (C=O) groups excluding carboxylic acids is 4. The van der Waals surface area contributed by atoms with Crippen LogP contribution in [-0.2, 0) is 65.4 Å². The van der Waals surface area contributed by atoms with E-state index in [1.54, 1.807) is 0 Å². The number of carbonyl (C=O) groups is 4. The summed E-state index contributed by atoms with van der Waals surface area (Å²) in [5.41, 5.74) is 0. The van der Waals surface area contributed by atoms with E-state index in [4.69, 9.17) is 37.0 Å². The van der Waals surface area contributed by atoms with E-state index in [1.165, 1.54) is 199 Å². The highest BCUT2D eigenvalue weighted by molar-refractivity contribution is 7.47. The molecule has 0 aliphatic rings. The van der Waals surface area contributed by atoms with Gasteiger partial charge in [-0.2, -0.15) is 0 Å². The Labute approximate surface area is 562 Å². The van der Waals surface area contributed by atoms with Crippen LogP contribution in [0.5, 0.6) is 0 Å². The smallest absolute Gasteiger partial charge is 0.462 e. The molecule has 0 amide bonds. The van der Waals surface area contributed by atoms with Gasteiger partial charge in [0.15, 0.2) is 12.2 Å². The van der Waals surface area contributed by atoms with Gasteiger partial charge in [-0.3, -0.25) is 37.3 Å². The Bertz CT molecular complexity index is 1770. The molecule has 0 spiro atoms. The minimum atomic E-state index is -4.95. The van der Waals surface area contributed by atoms with E-state index >= 15 is 0 Å². The molecule has 17 nitrogen and oxygen atoms in total. The number of hydrogen-bond acceptors (Lipinski definition) is 15. The molecule has 0 aliphatic heterocycles. The summed E-state index contributed by atoms with van der Waals surface area (Å²) >= 11 is 0. The number of rotatable bonds is 73. The van der Waals surface area contributed by atoms with Crippen LogP contribution in [0.2, 0.25) is 0 Å². The van der Waals surface area contributed by atoms with Crippen molar-refractivity contribution in [3.05, 3.63) is 0 Å². The molecule has 0 aliphatic carbocycles. The molecule has 3 N–H and O–H groups in total. The fourth-order valence-electron chi connectivity index (χ4n) is 11.2. The van der Waals surface area contributed by atoms with E-state index < -0.39 is 97.5 Å². The maximum Gasteiger partial charge on any atom is 0.472 e. The first-order valence-electron chi connectivity index (χ1n) is 38.1. The van der Waals surface area contributed by atoms with E-state index in [0.717, 1.165) is 96.3 Å². The molecule has 0 heterocycles. The average molecular weight is 1350 g/mol. The number of ether oxygens (including phenoxy) is 4. The molecule has 0 aromatic rings. The molecule has 0 aromatic heterocycles.